The molecule has 1 heterocycles. The topological polar surface area (TPSA) is 61.1 Å². The number of rotatable bonds is 1. The maximum atomic E-state index is 8.25. The fraction of sp³-hybridized carbons (Fsp3) is 0.125. The lowest BCUT2D eigenvalue weighted by molar-refractivity contribution is 0.990. The third kappa shape index (κ3) is 0.946. The highest BCUT2D eigenvalue weighted by molar-refractivity contribution is 5.80. The molecule has 0 spiro atoms. The van der Waals surface area contributed by atoms with E-state index >= 15 is 0 Å². The molecule has 1 aromatic carbocycles. The molecule has 1 aliphatic rings. The number of azide groups is 1. The summed E-state index contributed by atoms with van der Waals surface area (Å²) in [5, 5.41) is 3.60. The van der Waals surface area contributed by atoms with Crippen LogP contribution < -0.4 is 0 Å². The zero-order valence-corrected chi connectivity index (χ0v) is 6.25. The second-order valence-electron chi connectivity index (χ2n) is 2.49. The Morgan fingerprint density at radius 3 is 3.08 bits per heavy atom. The minimum atomic E-state index is -0.216. The largest absolute Gasteiger partial charge is 0.260 e. The number of hydrogen-bond donors (Lipinski definition) is 0. The average Bonchev–Trinajstić information content (AvgIpc) is 2.50. The van der Waals surface area contributed by atoms with E-state index in [-0.39, 0.29) is 6.04 Å². The zero-order chi connectivity index (χ0) is 8.39. The molecule has 1 unspecified atom stereocenters. The Morgan fingerprint density at radius 1 is 1.42 bits per heavy atom. The Balaban J connectivity index is 2.48. The predicted molar refractivity (Wildman–Crippen MR) is 46.5 cm³/mol. The maximum absolute atomic E-state index is 8.25. The Morgan fingerprint density at radius 2 is 2.25 bits per heavy atom. The summed E-state index contributed by atoms with van der Waals surface area (Å²) >= 11 is 0. The molecule has 1 aliphatic heterocycles. The van der Waals surface area contributed by atoms with Crippen LogP contribution in [0.1, 0.15) is 11.6 Å². The monoisotopic (exact) mass is 158 g/mol. The Kier molecular flexibility index (Phi) is 1.54. The minimum absolute atomic E-state index is 0.216. The first kappa shape index (κ1) is 6.88. The summed E-state index contributed by atoms with van der Waals surface area (Å²) in [5.74, 6) is 0. The van der Waals surface area contributed by atoms with Crippen molar-refractivity contribution in [3.05, 3.63) is 40.3 Å². The molecule has 2 rings (SSSR count). The SMILES string of the molecule is [N-]=[N+]=NC1C=Nc2ccccc21. The molecule has 0 bridgehead atoms. The molecule has 12 heavy (non-hydrogen) atoms. The van der Waals surface area contributed by atoms with Gasteiger partial charge >= 0.3 is 0 Å². The van der Waals surface area contributed by atoms with E-state index < -0.39 is 0 Å². The van der Waals surface area contributed by atoms with Gasteiger partial charge in [-0.1, -0.05) is 23.3 Å². The van der Waals surface area contributed by atoms with Crippen LogP contribution in [0.5, 0.6) is 0 Å². The molecule has 0 amide bonds. The highest BCUT2D eigenvalue weighted by Gasteiger charge is 2.15. The van der Waals surface area contributed by atoms with E-state index in [4.69, 9.17) is 5.53 Å². The maximum Gasteiger partial charge on any atom is 0.1000 e. The second kappa shape index (κ2) is 2.68. The van der Waals surface area contributed by atoms with Gasteiger partial charge in [0.1, 0.15) is 0 Å². The molecule has 0 N–H and O–H groups in total. The zero-order valence-electron chi connectivity index (χ0n) is 6.25. The summed E-state index contributed by atoms with van der Waals surface area (Å²) in [6.45, 7) is 0. The Bertz CT molecular complexity index is 376. The van der Waals surface area contributed by atoms with Crippen molar-refractivity contribution in [3.8, 4) is 0 Å². The first-order valence-corrected chi connectivity index (χ1v) is 3.59. The standard InChI is InChI=1S/C8H6N4/c9-12-11-8-5-10-7-4-2-1-3-6(7)8/h1-5,8H. The van der Waals surface area contributed by atoms with Crippen LogP contribution in [0.4, 0.5) is 5.69 Å². The summed E-state index contributed by atoms with van der Waals surface area (Å²) in [7, 11) is 0. The van der Waals surface area contributed by atoms with E-state index in [1.165, 1.54) is 0 Å². The van der Waals surface area contributed by atoms with E-state index in [0.717, 1.165) is 11.3 Å². The van der Waals surface area contributed by atoms with E-state index in [2.05, 4.69) is 15.0 Å². The Hall–Kier alpha value is -1.80. The van der Waals surface area contributed by atoms with Crippen LogP contribution in [0.15, 0.2) is 34.4 Å². The lowest BCUT2D eigenvalue weighted by Crippen LogP contribution is -1.88. The van der Waals surface area contributed by atoms with Gasteiger partial charge in [0.05, 0.1) is 11.7 Å². The van der Waals surface area contributed by atoms with Gasteiger partial charge in [0.2, 0.25) is 0 Å². The summed E-state index contributed by atoms with van der Waals surface area (Å²) in [5.41, 5.74) is 10.1. The van der Waals surface area contributed by atoms with Crippen LogP contribution in [0.3, 0.4) is 0 Å². The molecule has 1 aromatic rings. The Labute approximate surface area is 69.2 Å². The third-order valence-corrected chi connectivity index (χ3v) is 1.79. The van der Waals surface area contributed by atoms with E-state index in [1.807, 2.05) is 24.3 Å². The van der Waals surface area contributed by atoms with Gasteiger partial charge in [-0.15, -0.1) is 0 Å². The molecule has 1 atom stereocenters. The lowest BCUT2D eigenvalue weighted by Gasteiger charge is -1.99. The van der Waals surface area contributed by atoms with Crippen LogP contribution in [0, 0.1) is 0 Å². The summed E-state index contributed by atoms with van der Waals surface area (Å²) < 4.78 is 0. The highest BCUT2D eigenvalue weighted by atomic mass is 15.2. The number of benzene rings is 1. The van der Waals surface area contributed by atoms with Crippen molar-refractivity contribution in [3.63, 3.8) is 0 Å². The number of aliphatic imine (C=N–C) groups is 1. The number of para-hydroxylation sites is 1. The summed E-state index contributed by atoms with van der Waals surface area (Å²) in [6, 6.07) is 7.42. The first-order chi connectivity index (χ1) is 5.92. The quantitative estimate of drug-likeness (QED) is 0.342. The van der Waals surface area contributed by atoms with Crippen molar-refractivity contribution in [1.82, 2.24) is 0 Å². The van der Waals surface area contributed by atoms with E-state index in [9.17, 15) is 0 Å². The third-order valence-electron chi connectivity index (χ3n) is 1.79. The first-order valence-electron chi connectivity index (χ1n) is 3.59. The molecule has 0 aromatic heterocycles. The molecule has 4 nitrogen and oxygen atoms in total. The molecular weight excluding hydrogens is 152 g/mol. The van der Waals surface area contributed by atoms with Crippen molar-refractivity contribution < 1.29 is 0 Å². The van der Waals surface area contributed by atoms with Crippen molar-refractivity contribution in [2.45, 2.75) is 6.04 Å². The predicted octanol–water partition coefficient (Wildman–Crippen LogP) is 2.75. The molecular formula is C8H6N4. The molecule has 58 valence electrons. The summed E-state index contributed by atoms with van der Waals surface area (Å²) in [6.07, 6.45) is 1.66. The number of fused-ring (bicyclic) bond motifs is 1. The van der Waals surface area contributed by atoms with E-state index in [1.54, 1.807) is 6.21 Å². The summed E-state index contributed by atoms with van der Waals surface area (Å²) in [4.78, 5) is 6.86. The molecule has 0 aliphatic carbocycles. The van der Waals surface area contributed by atoms with Crippen LogP contribution >= 0.6 is 0 Å². The molecule has 4 heteroatoms. The van der Waals surface area contributed by atoms with Crippen molar-refractivity contribution in [2.24, 2.45) is 10.1 Å². The molecule has 0 saturated carbocycles. The van der Waals surface area contributed by atoms with Gasteiger partial charge in [-0.05, 0) is 17.2 Å². The van der Waals surface area contributed by atoms with Crippen LogP contribution in [0.2, 0.25) is 0 Å². The number of hydrogen-bond acceptors (Lipinski definition) is 2. The van der Waals surface area contributed by atoms with Crippen molar-refractivity contribution in [1.29, 1.82) is 0 Å². The van der Waals surface area contributed by atoms with Gasteiger partial charge in [0.15, 0.2) is 0 Å². The molecule has 0 saturated heterocycles. The van der Waals surface area contributed by atoms with Gasteiger partial charge in [-0.2, -0.15) is 0 Å². The highest BCUT2D eigenvalue weighted by Crippen LogP contribution is 2.32. The van der Waals surface area contributed by atoms with Gasteiger partial charge in [-0.25, -0.2) is 0 Å². The van der Waals surface area contributed by atoms with Gasteiger partial charge in [-0.3, -0.25) is 4.99 Å². The lowest BCUT2D eigenvalue weighted by atomic mass is 10.1. The van der Waals surface area contributed by atoms with Crippen LogP contribution in [0.25, 0.3) is 10.4 Å². The average molecular weight is 158 g/mol. The van der Waals surface area contributed by atoms with Crippen molar-refractivity contribution in [2.75, 3.05) is 0 Å². The van der Waals surface area contributed by atoms with Crippen LogP contribution in [-0.4, -0.2) is 6.21 Å². The van der Waals surface area contributed by atoms with Gasteiger partial charge in [0, 0.05) is 11.1 Å². The molecule has 0 fully saturated rings. The normalized spacial score (nSPS) is 18.5. The fourth-order valence-electron chi connectivity index (χ4n) is 1.23. The fourth-order valence-corrected chi connectivity index (χ4v) is 1.23. The van der Waals surface area contributed by atoms with E-state index in [0.29, 0.717) is 0 Å². The van der Waals surface area contributed by atoms with Gasteiger partial charge < -0.3 is 0 Å². The molecule has 0 radical (unpaired) electrons. The number of nitrogens with zero attached hydrogens (tertiary/aromatic N) is 4. The second-order valence-corrected chi connectivity index (χ2v) is 2.49. The van der Waals surface area contributed by atoms with Crippen LogP contribution in [-0.2, 0) is 0 Å². The van der Waals surface area contributed by atoms with Crippen molar-refractivity contribution >= 4 is 11.9 Å². The van der Waals surface area contributed by atoms with Gasteiger partial charge in [0.25, 0.3) is 0 Å². The minimum Gasteiger partial charge on any atom is -0.260 e. The smallest absolute Gasteiger partial charge is 0.1000 e.